The second-order valence-corrected chi connectivity index (χ2v) is 4.74. The first-order chi connectivity index (χ1) is 8.66. The number of hydrogen-bond acceptors (Lipinski definition) is 4. The van der Waals surface area contributed by atoms with Gasteiger partial charge in [-0.1, -0.05) is 12.1 Å². The molecule has 0 aliphatic carbocycles. The first kappa shape index (κ1) is 11.4. The molecular weight excluding hydrogens is 232 g/mol. The lowest BCUT2D eigenvalue weighted by molar-refractivity contribution is 0.0548. The van der Waals surface area contributed by atoms with Gasteiger partial charge < -0.3 is 5.11 Å². The SMILES string of the molecule is O=C1c2ccccc2C(=O)N1CN1CCC(O)C1. The summed E-state index contributed by atoms with van der Waals surface area (Å²) in [6.45, 7) is 1.51. The molecule has 1 unspecified atom stereocenters. The van der Waals surface area contributed by atoms with E-state index in [0.717, 1.165) is 0 Å². The molecule has 1 fully saturated rings. The second-order valence-electron chi connectivity index (χ2n) is 4.74. The van der Waals surface area contributed by atoms with Crippen LogP contribution in [0.4, 0.5) is 0 Å². The van der Waals surface area contributed by atoms with Gasteiger partial charge in [0, 0.05) is 13.1 Å². The number of amides is 2. The largest absolute Gasteiger partial charge is 0.392 e. The summed E-state index contributed by atoms with van der Waals surface area (Å²) in [5.41, 5.74) is 0.949. The Labute approximate surface area is 105 Å². The van der Waals surface area contributed by atoms with Crippen LogP contribution in [0.15, 0.2) is 24.3 Å². The van der Waals surface area contributed by atoms with Crippen LogP contribution < -0.4 is 0 Å². The van der Waals surface area contributed by atoms with Crippen LogP contribution in [0, 0.1) is 0 Å². The van der Waals surface area contributed by atoms with Gasteiger partial charge in [-0.2, -0.15) is 0 Å². The molecule has 0 saturated carbocycles. The highest BCUT2D eigenvalue weighted by Crippen LogP contribution is 2.23. The summed E-state index contributed by atoms with van der Waals surface area (Å²) in [7, 11) is 0. The van der Waals surface area contributed by atoms with Gasteiger partial charge in [-0.05, 0) is 18.6 Å². The predicted octanol–water partition coefficient (Wildman–Crippen LogP) is 0.307. The summed E-state index contributed by atoms with van der Waals surface area (Å²) in [5, 5.41) is 9.45. The first-order valence-electron chi connectivity index (χ1n) is 6.02. The molecule has 0 radical (unpaired) electrons. The lowest BCUT2D eigenvalue weighted by Gasteiger charge is -2.21. The van der Waals surface area contributed by atoms with E-state index < -0.39 is 0 Å². The van der Waals surface area contributed by atoms with E-state index in [1.54, 1.807) is 24.3 Å². The van der Waals surface area contributed by atoms with Crippen molar-refractivity contribution in [1.82, 2.24) is 9.80 Å². The van der Waals surface area contributed by atoms with E-state index in [0.29, 0.717) is 30.6 Å². The Morgan fingerprint density at radius 3 is 2.28 bits per heavy atom. The lowest BCUT2D eigenvalue weighted by Crippen LogP contribution is -2.40. The van der Waals surface area contributed by atoms with E-state index in [9.17, 15) is 14.7 Å². The molecule has 94 valence electrons. The number of aliphatic hydroxyl groups excluding tert-OH is 1. The number of nitrogens with zero attached hydrogens (tertiary/aromatic N) is 2. The van der Waals surface area contributed by atoms with E-state index in [1.165, 1.54) is 4.90 Å². The van der Waals surface area contributed by atoms with Gasteiger partial charge in [0.25, 0.3) is 11.8 Å². The van der Waals surface area contributed by atoms with E-state index in [1.807, 2.05) is 4.90 Å². The molecular formula is C13H14N2O3. The van der Waals surface area contributed by atoms with Crippen molar-refractivity contribution in [3.8, 4) is 0 Å². The van der Waals surface area contributed by atoms with Gasteiger partial charge >= 0.3 is 0 Å². The molecule has 5 nitrogen and oxygen atoms in total. The molecule has 2 heterocycles. The van der Waals surface area contributed by atoms with Crippen molar-refractivity contribution in [2.75, 3.05) is 19.8 Å². The van der Waals surface area contributed by atoms with Crippen LogP contribution in [0.1, 0.15) is 27.1 Å². The quantitative estimate of drug-likeness (QED) is 0.763. The van der Waals surface area contributed by atoms with Crippen molar-refractivity contribution in [3.63, 3.8) is 0 Å². The maximum absolute atomic E-state index is 12.1. The molecule has 18 heavy (non-hydrogen) atoms. The summed E-state index contributed by atoms with van der Waals surface area (Å²) >= 11 is 0. The minimum Gasteiger partial charge on any atom is -0.392 e. The molecule has 5 heteroatoms. The number of benzene rings is 1. The number of β-amino-alcohol motifs (C(OH)–C–C–N with tert-alkyl or cyclic N) is 1. The topological polar surface area (TPSA) is 60.9 Å². The standard InChI is InChI=1S/C13H14N2O3/c16-9-5-6-14(7-9)8-15-12(17)10-3-1-2-4-11(10)13(15)18/h1-4,9,16H,5-8H2. The summed E-state index contributed by atoms with van der Waals surface area (Å²) in [6.07, 6.45) is 0.351. The van der Waals surface area contributed by atoms with Crippen LogP contribution in [0.2, 0.25) is 0 Å². The number of imide groups is 1. The average Bonchev–Trinajstić information content (AvgIpc) is 2.88. The number of carbonyl (C=O) groups excluding carboxylic acids is 2. The van der Waals surface area contributed by atoms with Crippen LogP contribution >= 0.6 is 0 Å². The van der Waals surface area contributed by atoms with Crippen molar-refractivity contribution >= 4 is 11.8 Å². The van der Waals surface area contributed by atoms with E-state index in [4.69, 9.17) is 0 Å². The van der Waals surface area contributed by atoms with Gasteiger partial charge in [0.15, 0.2) is 0 Å². The number of likely N-dealkylation sites (tertiary alicyclic amines) is 1. The summed E-state index contributed by atoms with van der Waals surface area (Å²) in [5.74, 6) is -0.478. The zero-order valence-electron chi connectivity index (χ0n) is 9.87. The number of hydrogen-bond donors (Lipinski definition) is 1. The molecule has 3 rings (SSSR count). The second kappa shape index (κ2) is 4.19. The molecule has 2 amide bonds. The van der Waals surface area contributed by atoms with Gasteiger partial charge in [0.1, 0.15) is 0 Å². The summed E-state index contributed by atoms with van der Waals surface area (Å²) in [4.78, 5) is 27.4. The molecule has 1 saturated heterocycles. The Kier molecular flexibility index (Phi) is 2.65. The third-order valence-electron chi connectivity index (χ3n) is 3.47. The van der Waals surface area contributed by atoms with Crippen molar-refractivity contribution in [2.45, 2.75) is 12.5 Å². The van der Waals surface area contributed by atoms with E-state index >= 15 is 0 Å². The fraction of sp³-hybridized carbons (Fsp3) is 0.385. The monoisotopic (exact) mass is 246 g/mol. The lowest BCUT2D eigenvalue weighted by atomic mass is 10.1. The van der Waals surface area contributed by atoms with E-state index in [-0.39, 0.29) is 24.6 Å². The van der Waals surface area contributed by atoms with Gasteiger partial charge in [0.05, 0.1) is 23.9 Å². The van der Waals surface area contributed by atoms with Crippen LogP contribution in [0.25, 0.3) is 0 Å². The van der Waals surface area contributed by atoms with Crippen LogP contribution in [0.5, 0.6) is 0 Å². The Hall–Kier alpha value is -1.72. The van der Waals surface area contributed by atoms with E-state index in [2.05, 4.69) is 0 Å². The first-order valence-corrected chi connectivity index (χ1v) is 6.02. The van der Waals surface area contributed by atoms with Crippen molar-refractivity contribution < 1.29 is 14.7 Å². The molecule has 1 atom stereocenters. The summed E-state index contributed by atoms with van der Waals surface area (Å²) in [6, 6.07) is 6.86. The molecule has 0 aromatic heterocycles. The molecule has 0 bridgehead atoms. The molecule has 1 aromatic carbocycles. The fourth-order valence-corrected chi connectivity index (χ4v) is 2.51. The Morgan fingerprint density at radius 1 is 1.17 bits per heavy atom. The van der Waals surface area contributed by atoms with Crippen molar-refractivity contribution in [3.05, 3.63) is 35.4 Å². The minimum absolute atomic E-state index is 0.239. The normalized spacial score (nSPS) is 23.8. The smallest absolute Gasteiger partial charge is 0.262 e. The minimum atomic E-state index is -0.347. The zero-order valence-corrected chi connectivity index (χ0v) is 9.87. The van der Waals surface area contributed by atoms with Crippen LogP contribution in [0.3, 0.4) is 0 Å². The zero-order chi connectivity index (χ0) is 12.7. The molecule has 2 aliphatic heterocycles. The van der Waals surface area contributed by atoms with Gasteiger partial charge in [-0.3, -0.25) is 19.4 Å². The highest BCUT2D eigenvalue weighted by atomic mass is 16.3. The van der Waals surface area contributed by atoms with Crippen molar-refractivity contribution in [1.29, 1.82) is 0 Å². The Bertz CT molecular complexity index is 480. The van der Waals surface area contributed by atoms with Crippen molar-refractivity contribution in [2.24, 2.45) is 0 Å². The third kappa shape index (κ3) is 1.72. The maximum Gasteiger partial charge on any atom is 0.262 e. The van der Waals surface area contributed by atoms with Crippen LogP contribution in [-0.4, -0.2) is 52.6 Å². The van der Waals surface area contributed by atoms with Gasteiger partial charge in [0.2, 0.25) is 0 Å². The van der Waals surface area contributed by atoms with Gasteiger partial charge in [-0.15, -0.1) is 0 Å². The number of rotatable bonds is 2. The number of fused-ring (bicyclic) bond motifs is 1. The fourth-order valence-electron chi connectivity index (χ4n) is 2.51. The predicted molar refractivity (Wildman–Crippen MR) is 64.0 cm³/mol. The molecule has 1 N–H and O–H groups in total. The molecule has 0 spiro atoms. The number of aliphatic hydroxyl groups is 1. The molecule has 1 aromatic rings. The highest BCUT2D eigenvalue weighted by Gasteiger charge is 2.36. The third-order valence-corrected chi connectivity index (χ3v) is 3.47. The summed E-state index contributed by atoms with van der Waals surface area (Å²) < 4.78 is 0. The van der Waals surface area contributed by atoms with Gasteiger partial charge in [-0.25, -0.2) is 0 Å². The average molecular weight is 246 g/mol. The molecule has 2 aliphatic rings. The maximum atomic E-state index is 12.1. The Balaban J connectivity index is 1.80. The highest BCUT2D eigenvalue weighted by molar-refractivity contribution is 6.21. The Morgan fingerprint density at radius 2 is 1.78 bits per heavy atom. The van der Waals surface area contributed by atoms with Crippen LogP contribution in [-0.2, 0) is 0 Å². The number of carbonyl (C=O) groups is 2.